The zero-order valence-electron chi connectivity index (χ0n) is 17.6. The van der Waals surface area contributed by atoms with Crippen molar-refractivity contribution < 1.29 is 32.6 Å². The first kappa shape index (κ1) is 23.2. The van der Waals surface area contributed by atoms with Gasteiger partial charge in [-0.3, -0.25) is 19.3 Å². The maximum Gasteiger partial charge on any atom is 0.387 e. The van der Waals surface area contributed by atoms with Crippen LogP contribution in [0.1, 0.15) is 15.9 Å². The number of alkyl halides is 2. The number of ether oxygens (including phenoxy) is 2. The molecule has 0 unspecified atom stereocenters. The molecular weight excluding hydrogens is 472 g/mol. The van der Waals surface area contributed by atoms with Crippen LogP contribution in [-0.4, -0.2) is 64.2 Å². The number of rotatable bonds is 8. The molecule has 0 radical (unpaired) electrons. The van der Waals surface area contributed by atoms with Crippen molar-refractivity contribution in [1.82, 2.24) is 25.6 Å². The molecule has 4 rings (SSSR count). The summed E-state index contributed by atoms with van der Waals surface area (Å²) in [6.07, 6.45) is 1.45. The minimum atomic E-state index is -3.01. The molecule has 13 heteroatoms. The summed E-state index contributed by atoms with van der Waals surface area (Å²) in [6, 6.07) is 8.97. The van der Waals surface area contributed by atoms with Crippen LogP contribution in [0.4, 0.5) is 13.6 Å². The van der Waals surface area contributed by atoms with Gasteiger partial charge in [-0.1, -0.05) is 6.07 Å². The summed E-state index contributed by atoms with van der Waals surface area (Å²) in [5, 5.41) is 12.5. The van der Waals surface area contributed by atoms with Gasteiger partial charge in [0.15, 0.2) is 11.5 Å². The van der Waals surface area contributed by atoms with Crippen molar-refractivity contribution >= 4 is 45.9 Å². The number of imide groups is 1. The molecule has 176 valence electrons. The van der Waals surface area contributed by atoms with Crippen LogP contribution >= 0.6 is 11.8 Å². The Morgan fingerprint density at radius 1 is 1.18 bits per heavy atom. The Morgan fingerprint density at radius 3 is 2.74 bits per heavy atom. The van der Waals surface area contributed by atoms with E-state index in [1.54, 1.807) is 18.2 Å². The molecule has 1 fully saturated rings. The minimum absolute atomic E-state index is 0.0234. The molecule has 0 atom stereocenters. The Kier molecular flexibility index (Phi) is 6.72. The number of nitrogens with zero attached hydrogens (tertiary/aromatic N) is 3. The summed E-state index contributed by atoms with van der Waals surface area (Å²) in [5.74, 6) is -1.01. The molecule has 0 saturated carbocycles. The van der Waals surface area contributed by atoms with E-state index in [4.69, 9.17) is 4.74 Å². The summed E-state index contributed by atoms with van der Waals surface area (Å²) in [5.41, 5.74) is 1.98. The number of nitrogens with one attached hydrogen (secondary N) is 2. The number of halogens is 2. The quantitative estimate of drug-likeness (QED) is 0.463. The number of amides is 3. The van der Waals surface area contributed by atoms with Crippen molar-refractivity contribution in [2.75, 3.05) is 20.2 Å². The van der Waals surface area contributed by atoms with E-state index < -0.39 is 17.8 Å². The predicted molar refractivity (Wildman–Crippen MR) is 119 cm³/mol. The molecule has 1 aromatic heterocycles. The lowest BCUT2D eigenvalue weighted by Gasteiger charge is -2.13. The van der Waals surface area contributed by atoms with Crippen LogP contribution in [0.5, 0.6) is 11.5 Å². The van der Waals surface area contributed by atoms with E-state index in [-0.39, 0.29) is 35.4 Å². The van der Waals surface area contributed by atoms with E-state index in [0.29, 0.717) is 22.2 Å². The average Bonchev–Trinajstić information content (AvgIpc) is 3.38. The van der Waals surface area contributed by atoms with Crippen molar-refractivity contribution in [1.29, 1.82) is 0 Å². The van der Waals surface area contributed by atoms with Crippen molar-refractivity contribution in [2.45, 2.75) is 6.61 Å². The van der Waals surface area contributed by atoms with Crippen molar-refractivity contribution in [3.8, 4) is 11.5 Å². The molecule has 2 aromatic carbocycles. The summed E-state index contributed by atoms with van der Waals surface area (Å²) in [7, 11) is 1.30. The topological polar surface area (TPSA) is 127 Å². The number of benzene rings is 2. The molecule has 1 saturated heterocycles. The zero-order chi connectivity index (χ0) is 24.2. The lowest BCUT2D eigenvalue weighted by atomic mass is 10.2. The van der Waals surface area contributed by atoms with Crippen LogP contribution < -0.4 is 14.8 Å². The number of aromatic amines is 1. The Hall–Kier alpha value is -4.00. The highest BCUT2D eigenvalue weighted by Gasteiger charge is 2.34. The lowest BCUT2D eigenvalue weighted by molar-refractivity contribution is -0.122. The third-order valence-electron chi connectivity index (χ3n) is 4.77. The number of H-pyrrole nitrogens is 1. The van der Waals surface area contributed by atoms with Crippen LogP contribution in [0.2, 0.25) is 0 Å². The van der Waals surface area contributed by atoms with E-state index in [0.717, 1.165) is 16.7 Å². The fourth-order valence-corrected chi connectivity index (χ4v) is 4.04. The summed E-state index contributed by atoms with van der Waals surface area (Å²) in [6.45, 7) is -2.99. The van der Waals surface area contributed by atoms with E-state index >= 15 is 0 Å². The first-order chi connectivity index (χ1) is 16.4. The first-order valence-corrected chi connectivity index (χ1v) is 10.6. The van der Waals surface area contributed by atoms with Gasteiger partial charge in [-0.05, 0) is 53.7 Å². The molecule has 3 amide bonds. The molecule has 1 aliphatic rings. The molecule has 10 nitrogen and oxygen atoms in total. The highest BCUT2D eigenvalue weighted by molar-refractivity contribution is 8.18. The molecule has 2 N–H and O–H groups in total. The highest BCUT2D eigenvalue weighted by Crippen LogP contribution is 2.34. The van der Waals surface area contributed by atoms with Crippen molar-refractivity contribution in [3.63, 3.8) is 0 Å². The SMILES string of the molecule is COc1cc(/C=C2\SC(=O)N(CCNC(=O)c3ccc4n[nH]nc4c3)C2=O)ccc1OC(F)F. The average molecular weight is 489 g/mol. The molecule has 3 aromatic rings. The molecule has 2 heterocycles. The standard InChI is InChI=1S/C21H17F2N5O5S/c1-32-16-8-11(2-5-15(16)33-20(22)23)9-17-19(30)28(21(31)34-17)7-6-24-18(29)12-3-4-13-14(10-12)26-27-25-13/h2-5,8-10,20H,6-7H2,1H3,(H,24,29)(H,25,26,27)/b17-9-. The number of carbonyl (C=O) groups is 3. The third-order valence-corrected chi connectivity index (χ3v) is 5.68. The number of aromatic nitrogens is 3. The second kappa shape index (κ2) is 9.87. The van der Waals surface area contributed by atoms with Crippen LogP contribution in [-0.2, 0) is 4.79 Å². The normalized spacial score (nSPS) is 14.9. The van der Waals surface area contributed by atoms with Crippen LogP contribution in [0.3, 0.4) is 0 Å². The number of hydrogen-bond donors (Lipinski definition) is 2. The number of carbonyl (C=O) groups excluding carboxylic acids is 3. The Balaban J connectivity index is 1.38. The summed E-state index contributed by atoms with van der Waals surface area (Å²) >= 11 is 0.738. The van der Waals surface area contributed by atoms with Crippen LogP contribution in [0.25, 0.3) is 17.1 Å². The van der Waals surface area contributed by atoms with E-state index in [1.807, 2.05) is 0 Å². The van der Waals surface area contributed by atoms with Gasteiger partial charge in [0.2, 0.25) is 0 Å². The van der Waals surface area contributed by atoms with E-state index in [1.165, 1.54) is 31.4 Å². The molecule has 34 heavy (non-hydrogen) atoms. The van der Waals surface area contributed by atoms with Gasteiger partial charge in [-0.2, -0.15) is 24.2 Å². The predicted octanol–water partition coefficient (Wildman–Crippen LogP) is 3.03. The molecule has 0 aliphatic carbocycles. The van der Waals surface area contributed by atoms with Gasteiger partial charge in [0, 0.05) is 18.7 Å². The maximum absolute atomic E-state index is 12.7. The Labute approximate surface area is 195 Å². The maximum atomic E-state index is 12.7. The van der Waals surface area contributed by atoms with Gasteiger partial charge in [0.05, 0.1) is 12.0 Å². The summed E-state index contributed by atoms with van der Waals surface area (Å²) < 4.78 is 34.4. The van der Waals surface area contributed by atoms with Gasteiger partial charge in [-0.15, -0.1) is 0 Å². The van der Waals surface area contributed by atoms with E-state index in [2.05, 4.69) is 25.5 Å². The van der Waals surface area contributed by atoms with Crippen LogP contribution in [0, 0.1) is 0 Å². The Bertz CT molecular complexity index is 1300. The number of thioether (sulfide) groups is 1. The monoisotopic (exact) mass is 489 g/mol. The van der Waals surface area contributed by atoms with Crippen LogP contribution in [0.15, 0.2) is 41.3 Å². The summed E-state index contributed by atoms with van der Waals surface area (Å²) in [4.78, 5) is 38.5. The second-order valence-corrected chi connectivity index (χ2v) is 7.90. The second-order valence-electron chi connectivity index (χ2n) is 6.91. The van der Waals surface area contributed by atoms with Gasteiger partial charge >= 0.3 is 6.61 Å². The van der Waals surface area contributed by atoms with Crippen molar-refractivity contribution in [2.24, 2.45) is 0 Å². The molecule has 1 aliphatic heterocycles. The lowest BCUT2D eigenvalue weighted by Crippen LogP contribution is -2.37. The molecule has 0 spiro atoms. The highest BCUT2D eigenvalue weighted by atomic mass is 32.2. The Morgan fingerprint density at radius 2 is 1.97 bits per heavy atom. The van der Waals surface area contributed by atoms with E-state index in [9.17, 15) is 23.2 Å². The first-order valence-electron chi connectivity index (χ1n) is 9.82. The smallest absolute Gasteiger partial charge is 0.387 e. The number of methoxy groups -OCH3 is 1. The number of fused-ring (bicyclic) bond motifs is 1. The fraction of sp³-hybridized carbons (Fsp3) is 0.190. The van der Waals surface area contributed by atoms with Gasteiger partial charge < -0.3 is 14.8 Å². The fourth-order valence-electron chi connectivity index (χ4n) is 3.18. The van der Waals surface area contributed by atoms with Gasteiger partial charge in [0.1, 0.15) is 11.0 Å². The van der Waals surface area contributed by atoms with Crippen molar-refractivity contribution in [3.05, 3.63) is 52.4 Å². The van der Waals surface area contributed by atoms with Gasteiger partial charge in [0.25, 0.3) is 17.1 Å². The zero-order valence-corrected chi connectivity index (χ0v) is 18.4. The molecular formula is C21H17F2N5O5S. The molecule has 0 bridgehead atoms. The third kappa shape index (κ3) is 4.98. The minimum Gasteiger partial charge on any atom is -0.493 e. The van der Waals surface area contributed by atoms with Gasteiger partial charge in [-0.25, -0.2) is 0 Å². The largest absolute Gasteiger partial charge is 0.493 e. The number of hydrogen-bond acceptors (Lipinski definition) is 8.